The number of nitrogens with two attached hydrogens (primary N) is 1. The van der Waals surface area contributed by atoms with Gasteiger partial charge < -0.3 is 0 Å². The standard InChI is InChI=1S/C9H16N2O4SSe/c1-11(6(4-16)9(15)17)7(12)3-2-5(10)8(13)14/h5-6,16H,2-4,10H2,1H3,(H,13,14)(H,15,17)/t5-,6-/m0/s1. The van der Waals surface area contributed by atoms with E-state index in [0.717, 1.165) is 0 Å². The second-order valence-corrected chi connectivity index (χ2v) is 4.77. The first-order valence-corrected chi connectivity index (χ1v) is 6.37. The van der Waals surface area contributed by atoms with Gasteiger partial charge in [0.2, 0.25) is 0 Å². The number of carbonyl (C=O) groups is 2. The van der Waals surface area contributed by atoms with Gasteiger partial charge in [-0.15, -0.1) is 0 Å². The fourth-order valence-corrected chi connectivity index (χ4v) is 2.32. The average molecular weight is 327 g/mol. The zero-order chi connectivity index (χ0) is 13.6. The van der Waals surface area contributed by atoms with Crippen LogP contribution in [-0.2, 0) is 9.59 Å². The molecule has 0 aliphatic carbocycles. The monoisotopic (exact) mass is 328 g/mol. The molecule has 1 amide bonds. The Morgan fingerprint density at radius 3 is 2.35 bits per heavy atom. The van der Waals surface area contributed by atoms with Crippen molar-refractivity contribution in [3.8, 4) is 0 Å². The molecule has 0 bridgehead atoms. The number of carboxylic acids is 1. The fraction of sp³-hybridized carbons (Fsp3) is 0.667. The van der Waals surface area contributed by atoms with Gasteiger partial charge in [0.1, 0.15) is 0 Å². The van der Waals surface area contributed by atoms with Gasteiger partial charge in [-0.05, 0) is 0 Å². The number of aliphatic hydroxyl groups is 1. The van der Waals surface area contributed by atoms with Crippen LogP contribution in [0.15, 0.2) is 0 Å². The fourth-order valence-electron chi connectivity index (χ4n) is 1.12. The van der Waals surface area contributed by atoms with Crippen LogP contribution in [0, 0.1) is 0 Å². The van der Waals surface area contributed by atoms with E-state index >= 15 is 0 Å². The molecular formula is C9H16N2O4SSe. The molecule has 0 saturated heterocycles. The van der Waals surface area contributed by atoms with E-state index in [-0.39, 0.29) is 29.1 Å². The van der Waals surface area contributed by atoms with Crippen molar-refractivity contribution in [2.45, 2.75) is 24.9 Å². The number of nitrogens with zero attached hydrogens (tertiary/aromatic N) is 1. The van der Waals surface area contributed by atoms with Crippen molar-refractivity contribution in [3.05, 3.63) is 0 Å². The summed E-state index contributed by atoms with van der Waals surface area (Å²) in [5.41, 5.74) is 5.29. The van der Waals surface area contributed by atoms with Crippen LogP contribution in [0.3, 0.4) is 0 Å². The van der Waals surface area contributed by atoms with Gasteiger partial charge in [0.25, 0.3) is 0 Å². The molecule has 8 heteroatoms. The molecule has 0 aliphatic heterocycles. The molecule has 0 unspecified atom stereocenters. The first-order chi connectivity index (χ1) is 7.81. The first kappa shape index (κ1) is 16.4. The molecule has 98 valence electrons. The number of carbonyl (C=O) groups excluding carboxylic acids is 1. The Bertz CT molecular complexity index is 313. The third-order valence-electron chi connectivity index (χ3n) is 2.31. The Morgan fingerprint density at radius 2 is 2.00 bits per heavy atom. The van der Waals surface area contributed by atoms with Crippen molar-refractivity contribution >= 4 is 44.7 Å². The Balaban J connectivity index is 4.31. The van der Waals surface area contributed by atoms with Crippen LogP contribution in [0.1, 0.15) is 12.8 Å². The van der Waals surface area contributed by atoms with E-state index in [4.69, 9.17) is 10.8 Å². The quantitative estimate of drug-likeness (QED) is 0.340. The molecule has 0 aromatic heterocycles. The zero-order valence-electron chi connectivity index (χ0n) is 9.37. The molecule has 2 atom stereocenters. The maximum absolute atomic E-state index is 11.7. The topological polar surface area (TPSA) is 104 Å². The van der Waals surface area contributed by atoms with Crippen LogP contribution in [0.25, 0.3) is 0 Å². The van der Waals surface area contributed by atoms with Gasteiger partial charge in [-0.25, -0.2) is 0 Å². The van der Waals surface area contributed by atoms with Crippen LogP contribution in [-0.4, -0.2) is 72.1 Å². The number of aliphatic carboxylic acids is 1. The molecule has 0 radical (unpaired) electrons. The van der Waals surface area contributed by atoms with Crippen LogP contribution in [0.2, 0.25) is 0 Å². The molecule has 0 rings (SSSR count). The van der Waals surface area contributed by atoms with E-state index in [1.165, 1.54) is 11.9 Å². The number of likely N-dealkylation sites (N-methyl/N-ethyl adjacent to an activating group) is 1. The van der Waals surface area contributed by atoms with E-state index in [2.05, 4.69) is 28.2 Å². The van der Waals surface area contributed by atoms with E-state index < -0.39 is 18.1 Å². The number of carboxylic acid groups (broad SMARTS) is 1. The molecule has 17 heavy (non-hydrogen) atoms. The van der Waals surface area contributed by atoms with E-state index in [0.29, 0.717) is 0 Å². The molecule has 0 fully saturated rings. The summed E-state index contributed by atoms with van der Waals surface area (Å²) in [6.45, 7) is 0. The number of amides is 1. The number of hydrogen-bond acceptors (Lipinski definition) is 5. The molecule has 0 aliphatic rings. The van der Waals surface area contributed by atoms with Gasteiger partial charge in [-0.3, -0.25) is 0 Å². The second-order valence-electron chi connectivity index (χ2n) is 3.52. The summed E-state index contributed by atoms with van der Waals surface area (Å²) in [5, 5.41) is 17.9. The van der Waals surface area contributed by atoms with Crippen molar-refractivity contribution in [2.75, 3.05) is 12.8 Å². The summed E-state index contributed by atoms with van der Waals surface area (Å²) in [6, 6.07) is -1.57. The summed E-state index contributed by atoms with van der Waals surface area (Å²) in [5.74, 6) is -1.15. The van der Waals surface area contributed by atoms with E-state index in [1.807, 2.05) is 0 Å². The summed E-state index contributed by atoms with van der Waals surface area (Å²) in [6.07, 6.45) is 0.0769. The van der Waals surface area contributed by atoms with Gasteiger partial charge in [0.15, 0.2) is 0 Å². The van der Waals surface area contributed by atoms with Crippen LogP contribution < -0.4 is 5.73 Å². The van der Waals surface area contributed by atoms with Gasteiger partial charge in [0.05, 0.1) is 0 Å². The van der Waals surface area contributed by atoms with Crippen molar-refractivity contribution in [3.63, 3.8) is 0 Å². The summed E-state index contributed by atoms with van der Waals surface area (Å²) < 4.78 is -0.0293. The molecule has 0 aromatic carbocycles. The maximum atomic E-state index is 11.7. The molecule has 0 spiro atoms. The predicted octanol–water partition coefficient (Wildman–Crippen LogP) is -1.39. The van der Waals surface area contributed by atoms with Crippen LogP contribution in [0.4, 0.5) is 0 Å². The van der Waals surface area contributed by atoms with Crippen molar-refractivity contribution < 1.29 is 19.8 Å². The number of thiol groups is 1. The average Bonchev–Trinajstić information content (AvgIpc) is 2.25. The summed E-state index contributed by atoms with van der Waals surface area (Å²) in [7, 11) is 1.52. The van der Waals surface area contributed by atoms with Gasteiger partial charge >= 0.3 is 113 Å². The zero-order valence-corrected chi connectivity index (χ0v) is 12.0. The number of rotatable bonds is 7. The Labute approximate surface area is 113 Å². The summed E-state index contributed by atoms with van der Waals surface area (Å²) in [4.78, 5) is 23.5. The number of aliphatic hydroxyl groups excluding tert-OH is 1. The van der Waals surface area contributed by atoms with Crippen LogP contribution >= 0.6 is 12.6 Å². The third-order valence-corrected chi connectivity index (χ3v) is 3.22. The first-order valence-electron chi connectivity index (χ1n) is 4.89. The molecule has 0 saturated carbocycles. The molecule has 6 nitrogen and oxygen atoms in total. The molecule has 0 aromatic rings. The van der Waals surface area contributed by atoms with E-state index in [1.54, 1.807) is 0 Å². The van der Waals surface area contributed by atoms with E-state index in [9.17, 15) is 14.7 Å². The minimum absolute atomic E-state index is 0.0154. The number of hydrogen-bond donors (Lipinski definition) is 4. The Morgan fingerprint density at radius 1 is 1.47 bits per heavy atom. The second kappa shape index (κ2) is 7.71. The minimum atomic E-state index is -1.13. The SMILES string of the molecule is CN(C(=O)CC[C@H](N)C(=O)O)[C@@H](CS)C(O)=[Se]. The molecule has 0 heterocycles. The predicted molar refractivity (Wildman–Crippen MR) is 68.0 cm³/mol. The van der Waals surface area contributed by atoms with Crippen molar-refractivity contribution in [1.82, 2.24) is 4.90 Å². The van der Waals surface area contributed by atoms with Gasteiger partial charge in [-0.2, -0.15) is 0 Å². The Hall–Kier alpha value is -0.561. The summed E-state index contributed by atoms with van der Waals surface area (Å²) >= 11 is 6.44. The normalized spacial score (nSPS) is 13.8. The van der Waals surface area contributed by atoms with Crippen molar-refractivity contribution in [1.29, 1.82) is 0 Å². The molecular weight excluding hydrogens is 311 g/mol. The Kier molecular flexibility index (Phi) is 7.45. The third kappa shape index (κ3) is 5.54. The van der Waals surface area contributed by atoms with Crippen molar-refractivity contribution in [2.24, 2.45) is 5.73 Å². The van der Waals surface area contributed by atoms with Gasteiger partial charge in [0, 0.05) is 0 Å². The molecule has 4 N–H and O–H groups in total. The van der Waals surface area contributed by atoms with Crippen LogP contribution in [0.5, 0.6) is 0 Å². The van der Waals surface area contributed by atoms with Gasteiger partial charge in [-0.1, -0.05) is 0 Å².